The van der Waals surface area contributed by atoms with E-state index in [1.165, 1.54) is 31.7 Å². The molecule has 1 saturated heterocycles. The van der Waals surface area contributed by atoms with Crippen molar-refractivity contribution in [2.24, 2.45) is 0 Å². The molecule has 0 unspecified atom stereocenters. The number of benzene rings is 1. The van der Waals surface area contributed by atoms with E-state index in [0.717, 1.165) is 25.1 Å². The fourth-order valence-electron chi connectivity index (χ4n) is 4.58. The maximum Gasteiger partial charge on any atom is 0.274 e. The highest BCUT2D eigenvalue weighted by atomic mass is 19.1. The fraction of sp³-hybridized carbons (Fsp3) is 0.588. The van der Waals surface area contributed by atoms with Gasteiger partial charge in [0, 0.05) is 35.8 Å². The molecule has 0 radical (unpaired) electrons. The summed E-state index contributed by atoms with van der Waals surface area (Å²) in [4.78, 5) is 13.9. The smallest absolute Gasteiger partial charge is 0.274 e. The molecule has 1 aromatic rings. The first-order valence-electron chi connectivity index (χ1n) is 8.38. The first-order valence-corrected chi connectivity index (χ1v) is 8.38. The highest BCUT2D eigenvalue weighted by molar-refractivity contribution is 5.93. The summed E-state index contributed by atoms with van der Waals surface area (Å²) >= 11 is 0. The van der Waals surface area contributed by atoms with Gasteiger partial charge in [-0.15, -0.1) is 0 Å². The molecule has 1 amide bonds. The average Bonchev–Trinajstić information content (AvgIpc) is 3.05. The number of hydroxylamine groups is 1. The van der Waals surface area contributed by atoms with Crippen LogP contribution >= 0.6 is 0 Å². The Hall–Kier alpha value is -1.50. The lowest BCUT2D eigenvalue weighted by molar-refractivity contribution is 0.0142. The van der Waals surface area contributed by atoms with Gasteiger partial charge < -0.3 is 5.32 Å². The molecule has 124 valence electrons. The van der Waals surface area contributed by atoms with E-state index in [0.29, 0.717) is 18.2 Å². The SMILES string of the molecule is O=C(NO)c1cc(F)c2c(c1)CCN([C@@H]1CC[C@@]13CCCN3)C2. The third-order valence-electron chi connectivity index (χ3n) is 5.90. The van der Waals surface area contributed by atoms with Crippen LogP contribution in [0.4, 0.5) is 4.39 Å². The number of carbonyl (C=O) groups is 1. The number of fused-ring (bicyclic) bond motifs is 1. The van der Waals surface area contributed by atoms with Gasteiger partial charge in [-0.05, 0) is 56.3 Å². The molecule has 5 nitrogen and oxygen atoms in total. The minimum atomic E-state index is -0.665. The van der Waals surface area contributed by atoms with Gasteiger partial charge in [0.1, 0.15) is 5.82 Å². The minimum Gasteiger partial charge on any atom is -0.310 e. The van der Waals surface area contributed by atoms with Crippen molar-refractivity contribution in [1.29, 1.82) is 0 Å². The van der Waals surface area contributed by atoms with Crippen LogP contribution in [-0.2, 0) is 13.0 Å². The zero-order chi connectivity index (χ0) is 16.0. The Morgan fingerprint density at radius 3 is 2.96 bits per heavy atom. The van der Waals surface area contributed by atoms with Crippen LogP contribution < -0.4 is 10.8 Å². The van der Waals surface area contributed by atoms with E-state index in [1.54, 1.807) is 11.5 Å². The van der Waals surface area contributed by atoms with Gasteiger partial charge in [0.2, 0.25) is 0 Å². The number of halogens is 1. The van der Waals surface area contributed by atoms with E-state index in [2.05, 4.69) is 10.2 Å². The molecule has 0 bridgehead atoms. The van der Waals surface area contributed by atoms with Crippen LogP contribution in [0.1, 0.15) is 47.2 Å². The average molecular weight is 319 g/mol. The Morgan fingerprint density at radius 1 is 1.43 bits per heavy atom. The molecule has 4 rings (SSSR count). The van der Waals surface area contributed by atoms with Gasteiger partial charge in [-0.2, -0.15) is 0 Å². The quantitative estimate of drug-likeness (QED) is 0.572. The van der Waals surface area contributed by atoms with Crippen molar-refractivity contribution in [1.82, 2.24) is 15.7 Å². The summed E-state index contributed by atoms with van der Waals surface area (Å²) in [7, 11) is 0. The van der Waals surface area contributed by atoms with Gasteiger partial charge in [-0.3, -0.25) is 14.9 Å². The molecule has 2 fully saturated rings. The van der Waals surface area contributed by atoms with Crippen LogP contribution in [0.25, 0.3) is 0 Å². The zero-order valence-electron chi connectivity index (χ0n) is 13.1. The Labute approximate surface area is 134 Å². The Kier molecular flexibility index (Phi) is 3.63. The molecule has 3 aliphatic rings. The van der Waals surface area contributed by atoms with Gasteiger partial charge in [0.05, 0.1) is 0 Å². The van der Waals surface area contributed by atoms with Crippen LogP contribution in [0, 0.1) is 5.82 Å². The number of hydrogen-bond acceptors (Lipinski definition) is 4. The summed E-state index contributed by atoms with van der Waals surface area (Å²) in [6, 6.07) is 3.42. The zero-order valence-corrected chi connectivity index (χ0v) is 13.1. The lowest BCUT2D eigenvalue weighted by Crippen LogP contribution is -2.65. The Morgan fingerprint density at radius 2 is 2.30 bits per heavy atom. The van der Waals surface area contributed by atoms with Crippen molar-refractivity contribution >= 4 is 5.91 Å². The van der Waals surface area contributed by atoms with Crippen molar-refractivity contribution in [3.05, 3.63) is 34.6 Å². The van der Waals surface area contributed by atoms with Crippen LogP contribution in [-0.4, -0.2) is 40.7 Å². The standard InChI is InChI=1S/C17H22FN3O2/c18-14-9-12(16(22)20-23)8-11-3-7-21(10-13(11)14)15-2-5-17(15)4-1-6-19-17/h8-9,15,19,23H,1-7,10H2,(H,20,22)/t15-,17+/m1/s1. The topological polar surface area (TPSA) is 64.6 Å². The van der Waals surface area contributed by atoms with Crippen LogP contribution in [0.2, 0.25) is 0 Å². The minimum absolute atomic E-state index is 0.176. The van der Waals surface area contributed by atoms with Gasteiger partial charge >= 0.3 is 0 Å². The summed E-state index contributed by atoms with van der Waals surface area (Å²) in [5.74, 6) is -1.01. The highest BCUT2D eigenvalue weighted by Gasteiger charge is 2.51. The summed E-state index contributed by atoms with van der Waals surface area (Å²) in [6.07, 6.45) is 5.59. The van der Waals surface area contributed by atoms with E-state index in [-0.39, 0.29) is 16.9 Å². The second-order valence-corrected chi connectivity index (χ2v) is 7.00. The second-order valence-electron chi connectivity index (χ2n) is 7.00. The normalized spacial score (nSPS) is 30.1. The van der Waals surface area contributed by atoms with E-state index >= 15 is 0 Å². The van der Waals surface area contributed by atoms with Gasteiger partial charge in [0.15, 0.2) is 0 Å². The molecule has 1 saturated carbocycles. The van der Waals surface area contributed by atoms with Crippen LogP contribution in [0.3, 0.4) is 0 Å². The van der Waals surface area contributed by atoms with E-state index in [1.807, 2.05) is 0 Å². The van der Waals surface area contributed by atoms with E-state index < -0.39 is 5.91 Å². The van der Waals surface area contributed by atoms with Gasteiger partial charge in [0.25, 0.3) is 5.91 Å². The second kappa shape index (κ2) is 5.54. The highest BCUT2D eigenvalue weighted by Crippen LogP contribution is 2.43. The first kappa shape index (κ1) is 15.1. The molecule has 0 aromatic heterocycles. The number of hydrogen-bond donors (Lipinski definition) is 3. The van der Waals surface area contributed by atoms with E-state index in [4.69, 9.17) is 5.21 Å². The first-order chi connectivity index (χ1) is 11.1. The van der Waals surface area contributed by atoms with Crippen molar-refractivity contribution in [2.45, 2.75) is 50.2 Å². The largest absolute Gasteiger partial charge is 0.310 e. The van der Waals surface area contributed by atoms with Crippen molar-refractivity contribution < 1.29 is 14.4 Å². The number of carbonyl (C=O) groups excluding carboxylic acids is 1. The lowest BCUT2D eigenvalue weighted by Gasteiger charge is -2.53. The number of nitrogens with one attached hydrogen (secondary N) is 2. The predicted molar refractivity (Wildman–Crippen MR) is 82.8 cm³/mol. The Bertz CT molecular complexity index is 643. The summed E-state index contributed by atoms with van der Waals surface area (Å²) in [5, 5.41) is 12.4. The monoisotopic (exact) mass is 319 g/mol. The van der Waals surface area contributed by atoms with Crippen molar-refractivity contribution in [3.8, 4) is 0 Å². The molecule has 1 aromatic carbocycles. The third kappa shape index (κ3) is 2.36. The summed E-state index contributed by atoms with van der Waals surface area (Å²) in [5.41, 5.74) is 3.58. The molecule has 3 N–H and O–H groups in total. The molecule has 1 spiro atoms. The molecule has 1 aliphatic carbocycles. The van der Waals surface area contributed by atoms with Crippen LogP contribution in [0.5, 0.6) is 0 Å². The fourth-order valence-corrected chi connectivity index (χ4v) is 4.58. The third-order valence-corrected chi connectivity index (χ3v) is 5.90. The molecular formula is C17H22FN3O2. The number of nitrogens with zero attached hydrogens (tertiary/aromatic N) is 1. The molecule has 2 heterocycles. The molecule has 6 heteroatoms. The lowest BCUT2D eigenvalue weighted by atomic mass is 9.69. The molecule has 23 heavy (non-hydrogen) atoms. The maximum atomic E-state index is 14.5. The molecule has 2 atom stereocenters. The Balaban J connectivity index is 1.57. The van der Waals surface area contributed by atoms with Crippen LogP contribution in [0.15, 0.2) is 12.1 Å². The van der Waals surface area contributed by atoms with Gasteiger partial charge in [-0.25, -0.2) is 9.87 Å². The predicted octanol–water partition coefficient (Wildman–Crippen LogP) is 1.59. The van der Waals surface area contributed by atoms with Gasteiger partial charge in [-0.1, -0.05) is 0 Å². The van der Waals surface area contributed by atoms with Crippen molar-refractivity contribution in [2.75, 3.05) is 13.1 Å². The molecule has 2 aliphatic heterocycles. The maximum absolute atomic E-state index is 14.5. The van der Waals surface area contributed by atoms with E-state index in [9.17, 15) is 9.18 Å². The number of amides is 1. The summed E-state index contributed by atoms with van der Waals surface area (Å²) < 4.78 is 14.5. The van der Waals surface area contributed by atoms with Crippen molar-refractivity contribution in [3.63, 3.8) is 0 Å². The number of rotatable bonds is 2. The molecular weight excluding hydrogens is 297 g/mol. The summed E-state index contributed by atoms with van der Waals surface area (Å²) in [6.45, 7) is 2.59.